The Morgan fingerprint density at radius 2 is 2.08 bits per heavy atom. The van der Waals surface area contributed by atoms with Gasteiger partial charge in [-0.05, 0) is 24.6 Å². The second kappa shape index (κ2) is 5.10. The van der Waals surface area contributed by atoms with Gasteiger partial charge < -0.3 is 4.98 Å². The summed E-state index contributed by atoms with van der Waals surface area (Å²) in [6.07, 6.45) is 1.79. The van der Waals surface area contributed by atoms with Crippen LogP contribution in [0.2, 0.25) is 5.02 Å². The first kappa shape index (κ1) is 14.8. The molecule has 3 aromatic heterocycles. The molecule has 0 unspecified atom stereocenters. The first-order valence-electron chi connectivity index (χ1n) is 7.37. The molecular weight excluding hydrogens is 330 g/mol. The fraction of sp³-hybridized carbons (Fsp3) is 0.188. The summed E-state index contributed by atoms with van der Waals surface area (Å²) in [4.78, 5) is 32.9. The molecule has 0 radical (unpaired) electrons. The van der Waals surface area contributed by atoms with Gasteiger partial charge in [-0.2, -0.15) is 4.98 Å². The minimum Gasteiger partial charge on any atom is -0.328 e. The SMILES string of the molecule is Cc1cn2c(nc3c2c(=O)n(Cc2cccc(Cl)c2)c(=O)n3C)[nH]1. The number of H-pyrrole nitrogens is 1. The maximum Gasteiger partial charge on any atom is 0.332 e. The van der Waals surface area contributed by atoms with E-state index in [0.717, 1.165) is 11.3 Å². The Hall–Kier alpha value is -2.80. The van der Waals surface area contributed by atoms with E-state index in [4.69, 9.17) is 11.6 Å². The van der Waals surface area contributed by atoms with Crippen molar-refractivity contribution >= 4 is 28.5 Å². The smallest absolute Gasteiger partial charge is 0.328 e. The van der Waals surface area contributed by atoms with E-state index in [-0.39, 0.29) is 12.1 Å². The molecule has 0 aliphatic rings. The molecule has 8 heteroatoms. The highest BCUT2D eigenvalue weighted by molar-refractivity contribution is 6.30. The lowest BCUT2D eigenvalue weighted by Crippen LogP contribution is -2.39. The number of hydrogen-bond donors (Lipinski definition) is 1. The lowest BCUT2D eigenvalue weighted by molar-refractivity contribution is 0.656. The standard InChI is InChI=1S/C16H14ClN5O2/c1-9-7-21-12-13(19-15(21)18-9)20(2)16(24)22(14(12)23)8-10-4-3-5-11(17)6-10/h3-7H,8H2,1-2H3,(H,18,19). The van der Waals surface area contributed by atoms with Crippen LogP contribution in [0.4, 0.5) is 0 Å². The number of nitrogens with zero attached hydrogens (tertiary/aromatic N) is 4. The molecule has 0 saturated carbocycles. The van der Waals surface area contributed by atoms with Crippen LogP contribution in [0.1, 0.15) is 11.3 Å². The normalized spacial score (nSPS) is 11.6. The van der Waals surface area contributed by atoms with Gasteiger partial charge >= 0.3 is 5.69 Å². The van der Waals surface area contributed by atoms with Crippen molar-refractivity contribution in [2.75, 3.05) is 0 Å². The molecule has 0 spiro atoms. The zero-order valence-electron chi connectivity index (χ0n) is 13.1. The van der Waals surface area contributed by atoms with Crippen LogP contribution in [-0.4, -0.2) is 23.5 Å². The molecule has 0 bridgehead atoms. The van der Waals surface area contributed by atoms with Gasteiger partial charge in [0.2, 0.25) is 5.78 Å². The van der Waals surface area contributed by atoms with Crippen LogP contribution in [0.5, 0.6) is 0 Å². The number of aryl methyl sites for hydroxylation is 2. The molecule has 122 valence electrons. The second-order valence-electron chi connectivity index (χ2n) is 5.78. The minimum absolute atomic E-state index is 0.151. The first-order valence-corrected chi connectivity index (χ1v) is 7.75. The third kappa shape index (κ3) is 2.09. The van der Waals surface area contributed by atoms with Gasteiger partial charge in [-0.25, -0.2) is 4.79 Å². The van der Waals surface area contributed by atoms with Gasteiger partial charge in [0.05, 0.1) is 6.54 Å². The number of imidazole rings is 2. The number of aromatic nitrogens is 5. The first-order chi connectivity index (χ1) is 11.5. The molecule has 0 aliphatic carbocycles. The topological polar surface area (TPSA) is 77.1 Å². The van der Waals surface area contributed by atoms with Gasteiger partial charge in [-0.15, -0.1) is 0 Å². The maximum absolute atomic E-state index is 12.9. The zero-order valence-corrected chi connectivity index (χ0v) is 13.8. The molecule has 0 saturated heterocycles. The van der Waals surface area contributed by atoms with Crippen molar-refractivity contribution in [2.45, 2.75) is 13.5 Å². The number of fused-ring (bicyclic) bond motifs is 3. The number of benzene rings is 1. The van der Waals surface area contributed by atoms with Crippen molar-refractivity contribution in [3.05, 3.63) is 67.6 Å². The van der Waals surface area contributed by atoms with E-state index in [2.05, 4.69) is 9.97 Å². The van der Waals surface area contributed by atoms with E-state index < -0.39 is 5.69 Å². The molecule has 0 amide bonds. The van der Waals surface area contributed by atoms with Crippen molar-refractivity contribution in [2.24, 2.45) is 7.05 Å². The van der Waals surface area contributed by atoms with E-state index in [9.17, 15) is 9.59 Å². The van der Waals surface area contributed by atoms with Crippen LogP contribution < -0.4 is 11.2 Å². The third-order valence-corrected chi connectivity index (χ3v) is 4.27. The molecule has 4 aromatic rings. The maximum atomic E-state index is 12.9. The molecular formula is C16H14ClN5O2. The summed E-state index contributed by atoms with van der Waals surface area (Å²) in [6.45, 7) is 2.03. The Balaban J connectivity index is 2.03. The molecule has 1 N–H and O–H groups in total. The van der Waals surface area contributed by atoms with E-state index in [0.29, 0.717) is 22.0 Å². The molecule has 0 atom stereocenters. The number of nitrogens with one attached hydrogen (secondary N) is 1. The molecule has 7 nitrogen and oxygen atoms in total. The molecule has 3 heterocycles. The summed E-state index contributed by atoms with van der Waals surface area (Å²) >= 11 is 5.99. The largest absolute Gasteiger partial charge is 0.332 e. The van der Waals surface area contributed by atoms with Crippen molar-refractivity contribution in [1.29, 1.82) is 0 Å². The highest BCUT2D eigenvalue weighted by atomic mass is 35.5. The summed E-state index contributed by atoms with van der Waals surface area (Å²) in [5, 5.41) is 0.562. The summed E-state index contributed by atoms with van der Waals surface area (Å²) < 4.78 is 4.27. The van der Waals surface area contributed by atoms with Crippen LogP contribution in [0, 0.1) is 6.92 Å². The number of rotatable bonds is 2. The Labute approximate surface area is 140 Å². The average Bonchev–Trinajstić information content (AvgIpc) is 3.05. The average molecular weight is 344 g/mol. The lowest BCUT2D eigenvalue weighted by atomic mass is 10.2. The van der Waals surface area contributed by atoms with Gasteiger partial charge in [0.15, 0.2) is 11.2 Å². The van der Waals surface area contributed by atoms with Crippen LogP contribution in [0.25, 0.3) is 16.9 Å². The minimum atomic E-state index is -0.412. The van der Waals surface area contributed by atoms with Crippen molar-refractivity contribution < 1.29 is 0 Å². The van der Waals surface area contributed by atoms with Crippen molar-refractivity contribution in [1.82, 2.24) is 23.5 Å². The van der Waals surface area contributed by atoms with Crippen molar-refractivity contribution in [3.63, 3.8) is 0 Å². The van der Waals surface area contributed by atoms with Crippen LogP contribution in [0.15, 0.2) is 40.1 Å². The Bertz CT molecular complexity index is 1210. The molecule has 0 aliphatic heterocycles. The summed E-state index contributed by atoms with van der Waals surface area (Å²) in [5.41, 5.74) is 1.61. The Morgan fingerprint density at radius 1 is 1.29 bits per heavy atom. The highest BCUT2D eigenvalue weighted by Crippen LogP contribution is 2.13. The number of aromatic amines is 1. The number of halogens is 1. The fourth-order valence-corrected chi connectivity index (χ4v) is 3.13. The predicted molar refractivity (Wildman–Crippen MR) is 91.8 cm³/mol. The zero-order chi connectivity index (χ0) is 17.0. The molecule has 24 heavy (non-hydrogen) atoms. The second-order valence-corrected chi connectivity index (χ2v) is 6.21. The Kier molecular flexibility index (Phi) is 3.14. The fourth-order valence-electron chi connectivity index (χ4n) is 2.91. The van der Waals surface area contributed by atoms with Gasteiger partial charge in [0.1, 0.15) is 0 Å². The van der Waals surface area contributed by atoms with Gasteiger partial charge in [0.25, 0.3) is 5.56 Å². The van der Waals surface area contributed by atoms with Crippen LogP contribution in [0.3, 0.4) is 0 Å². The van der Waals surface area contributed by atoms with E-state index in [1.54, 1.807) is 35.8 Å². The van der Waals surface area contributed by atoms with Crippen LogP contribution >= 0.6 is 11.6 Å². The predicted octanol–water partition coefficient (Wildman–Crippen LogP) is 1.69. The third-order valence-electron chi connectivity index (χ3n) is 4.04. The number of hydrogen-bond acceptors (Lipinski definition) is 3. The highest BCUT2D eigenvalue weighted by Gasteiger charge is 2.18. The molecule has 1 aromatic carbocycles. The summed E-state index contributed by atoms with van der Waals surface area (Å²) in [7, 11) is 1.61. The summed E-state index contributed by atoms with van der Waals surface area (Å²) in [6, 6.07) is 7.11. The lowest BCUT2D eigenvalue weighted by Gasteiger charge is -2.08. The van der Waals surface area contributed by atoms with Gasteiger partial charge in [-0.1, -0.05) is 23.7 Å². The quantitative estimate of drug-likeness (QED) is 0.601. The monoisotopic (exact) mass is 343 g/mol. The molecule has 0 fully saturated rings. The van der Waals surface area contributed by atoms with Gasteiger partial charge in [-0.3, -0.25) is 18.3 Å². The Morgan fingerprint density at radius 3 is 2.83 bits per heavy atom. The molecule has 4 rings (SSSR count). The van der Waals surface area contributed by atoms with E-state index in [1.165, 1.54) is 9.13 Å². The van der Waals surface area contributed by atoms with E-state index in [1.807, 2.05) is 13.0 Å². The van der Waals surface area contributed by atoms with E-state index >= 15 is 0 Å². The van der Waals surface area contributed by atoms with Crippen LogP contribution in [-0.2, 0) is 13.6 Å². The van der Waals surface area contributed by atoms with Gasteiger partial charge in [0, 0.05) is 24.0 Å². The summed E-state index contributed by atoms with van der Waals surface area (Å²) in [5.74, 6) is 0.537. The van der Waals surface area contributed by atoms with Crippen molar-refractivity contribution in [3.8, 4) is 0 Å².